The van der Waals surface area contributed by atoms with Crippen LogP contribution in [0, 0.1) is 0 Å². The zero-order valence-corrected chi connectivity index (χ0v) is 7.41. The van der Waals surface area contributed by atoms with Gasteiger partial charge in [-0.25, -0.2) is 0 Å². The van der Waals surface area contributed by atoms with Gasteiger partial charge in [-0.05, 0) is 20.8 Å². The lowest BCUT2D eigenvalue weighted by Gasteiger charge is -2.33. The van der Waals surface area contributed by atoms with E-state index in [1.165, 1.54) is 0 Å². The maximum absolute atomic E-state index is 8.67. The van der Waals surface area contributed by atoms with Gasteiger partial charge in [-0.1, -0.05) is 0 Å². The van der Waals surface area contributed by atoms with Crippen molar-refractivity contribution in [1.29, 1.82) is 0 Å². The van der Waals surface area contributed by atoms with Crippen LogP contribution in [0.25, 0.3) is 0 Å². The minimum absolute atomic E-state index is 0.0536. The standard InChI is InChI=1S/C8H17NO2/c1-8(2,3)9(4-6-10)5-7-11/h4,6,10-11H,5,7H2,1-3H3/b6-4+. The fourth-order valence-corrected chi connectivity index (χ4v) is 0.822. The van der Waals surface area contributed by atoms with Crippen molar-refractivity contribution in [2.75, 3.05) is 13.2 Å². The molecule has 11 heavy (non-hydrogen) atoms. The molecule has 0 amide bonds. The SMILES string of the molecule is CC(C)(C)N(/C=C/O)CCO. The molecule has 66 valence electrons. The quantitative estimate of drug-likeness (QED) is 0.606. The first-order chi connectivity index (χ1) is 5.02. The van der Waals surface area contributed by atoms with Gasteiger partial charge in [0.25, 0.3) is 0 Å². The average molecular weight is 159 g/mol. The lowest BCUT2D eigenvalue weighted by atomic mass is 10.1. The van der Waals surface area contributed by atoms with E-state index in [0.717, 1.165) is 6.26 Å². The molecule has 3 nitrogen and oxygen atoms in total. The second-order valence-corrected chi connectivity index (χ2v) is 3.39. The van der Waals surface area contributed by atoms with E-state index in [1.807, 2.05) is 25.7 Å². The van der Waals surface area contributed by atoms with E-state index >= 15 is 0 Å². The summed E-state index contributed by atoms with van der Waals surface area (Å²) in [5.74, 6) is 0. The highest BCUT2D eigenvalue weighted by atomic mass is 16.3. The number of aliphatic hydroxyl groups is 2. The van der Waals surface area contributed by atoms with Gasteiger partial charge in [0.1, 0.15) is 0 Å². The molecule has 0 saturated heterocycles. The highest BCUT2D eigenvalue weighted by molar-refractivity contribution is 4.85. The third kappa shape index (κ3) is 3.88. The van der Waals surface area contributed by atoms with Gasteiger partial charge in [0.15, 0.2) is 0 Å². The van der Waals surface area contributed by atoms with Crippen molar-refractivity contribution >= 4 is 0 Å². The zero-order chi connectivity index (χ0) is 8.91. The maximum atomic E-state index is 8.67. The first kappa shape index (κ1) is 10.3. The average Bonchev–Trinajstić information content (AvgIpc) is 1.85. The van der Waals surface area contributed by atoms with E-state index in [2.05, 4.69) is 0 Å². The monoisotopic (exact) mass is 159 g/mol. The minimum Gasteiger partial charge on any atom is -0.514 e. The fourth-order valence-electron chi connectivity index (χ4n) is 0.822. The molecule has 3 heteroatoms. The summed E-state index contributed by atoms with van der Waals surface area (Å²) >= 11 is 0. The molecule has 0 rings (SSSR count). The Morgan fingerprint density at radius 2 is 1.91 bits per heavy atom. The summed E-state index contributed by atoms with van der Waals surface area (Å²) in [5, 5.41) is 17.2. The van der Waals surface area contributed by atoms with Gasteiger partial charge in [-0.2, -0.15) is 0 Å². The van der Waals surface area contributed by atoms with Crippen LogP contribution >= 0.6 is 0 Å². The topological polar surface area (TPSA) is 43.7 Å². The van der Waals surface area contributed by atoms with Crippen molar-refractivity contribution in [3.05, 3.63) is 12.5 Å². The number of rotatable bonds is 3. The van der Waals surface area contributed by atoms with Gasteiger partial charge in [0.05, 0.1) is 12.9 Å². The van der Waals surface area contributed by atoms with Crippen molar-refractivity contribution in [2.24, 2.45) is 0 Å². The number of hydrogen-bond acceptors (Lipinski definition) is 3. The first-order valence-electron chi connectivity index (χ1n) is 3.71. The Balaban J connectivity index is 4.10. The summed E-state index contributed by atoms with van der Waals surface area (Å²) in [7, 11) is 0. The van der Waals surface area contributed by atoms with Crippen LogP contribution in [0.1, 0.15) is 20.8 Å². The molecule has 0 aliphatic rings. The predicted octanol–water partition coefficient (Wildman–Crippen LogP) is 1.11. The van der Waals surface area contributed by atoms with Gasteiger partial charge >= 0.3 is 0 Å². The highest BCUT2D eigenvalue weighted by Crippen LogP contribution is 2.12. The summed E-state index contributed by atoms with van der Waals surface area (Å²) in [6, 6.07) is 0. The van der Waals surface area contributed by atoms with E-state index < -0.39 is 0 Å². The Labute approximate surface area is 68.0 Å². The second kappa shape index (κ2) is 4.23. The van der Waals surface area contributed by atoms with Crippen LogP contribution in [0.5, 0.6) is 0 Å². The molecule has 0 spiro atoms. The molecule has 0 aliphatic carbocycles. The van der Waals surface area contributed by atoms with Gasteiger partial charge in [-0.3, -0.25) is 0 Å². The van der Waals surface area contributed by atoms with Crippen LogP contribution < -0.4 is 0 Å². The van der Waals surface area contributed by atoms with Crippen molar-refractivity contribution in [2.45, 2.75) is 26.3 Å². The molecular weight excluding hydrogens is 142 g/mol. The number of nitrogens with zero attached hydrogens (tertiary/aromatic N) is 1. The molecule has 0 aliphatic heterocycles. The van der Waals surface area contributed by atoms with Gasteiger partial charge in [-0.15, -0.1) is 0 Å². The van der Waals surface area contributed by atoms with Gasteiger partial charge in [0, 0.05) is 18.3 Å². The number of hydrogen-bond donors (Lipinski definition) is 2. The summed E-state index contributed by atoms with van der Waals surface area (Å²) in [4.78, 5) is 1.87. The van der Waals surface area contributed by atoms with Crippen molar-refractivity contribution < 1.29 is 10.2 Å². The lowest BCUT2D eigenvalue weighted by Crippen LogP contribution is -2.38. The van der Waals surface area contributed by atoms with Crippen LogP contribution in [-0.4, -0.2) is 33.8 Å². The molecule has 0 bridgehead atoms. The van der Waals surface area contributed by atoms with Gasteiger partial charge < -0.3 is 15.1 Å². The smallest absolute Gasteiger partial charge is 0.0950 e. The normalized spacial score (nSPS) is 12.4. The van der Waals surface area contributed by atoms with Crippen LogP contribution in [0.2, 0.25) is 0 Å². The fraction of sp³-hybridized carbons (Fsp3) is 0.750. The molecule has 0 fully saturated rings. The number of aliphatic hydroxyl groups excluding tert-OH is 2. The molecule has 0 saturated carbocycles. The molecule has 0 radical (unpaired) electrons. The molecule has 0 heterocycles. The Morgan fingerprint density at radius 3 is 2.18 bits per heavy atom. The Kier molecular flexibility index (Phi) is 3.97. The minimum atomic E-state index is -0.0536. The molecule has 0 aromatic carbocycles. The third-order valence-electron chi connectivity index (χ3n) is 1.45. The van der Waals surface area contributed by atoms with E-state index in [9.17, 15) is 0 Å². The van der Waals surface area contributed by atoms with Crippen molar-refractivity contribution in [1.82, 2.24) is 4.90 Å². The summed E-state index contributed by atoms with van der Waals surface area (Å²) in [6.45, 7) is 6.69. The van der Waals surface area contributed by atoms with Crippen LogP contribution in [0.4, 0.5) is 0 Å². The molecule has 0 atom stereocenters. The van der Waals surface area contributed by atoms with Crippen molar-refractivity contribution in [3.8, 4) is 0 Å². The van der Waals surface area contributed by atoms with Crippen LogP contribution in [-0.2, 0) is 0 Å². The zero-order valence-electron chi connectivity index (χ0n) is 7.41. The molecular formula is C8H17NO2. The molecule has 0 aromatic rings. The largest absolute Gasteiger partial charge is 0.514 e. The van der Waals surface area contributed by atoms with E-state index in [0.29, 0.717) is 6.54 Å². The summed E-state index contributed by atoms with van der Waals surface area (Å²) in [6.07, 6.45) is 2.55. The van der Waals surface area contributed by atoms with E-state index in [1.54, 1.807) is 6.20 Å². The molecule has 0 unspecified atom stereocenters. The van der Waals surface area contributed by atoms with Crippen LogP contribution in [0.3, 0.4) is 0 Å². The second-order valence-electron chi connectivity index (χ2n) is 3.39. The maximum Gasteiger partial charge on any atom is 0.0950 e. The Bertz CT molecular complexity index is 127. The Morgan fingerprint density at radius 1 is 1.36 bits per heavy atom. The Hall–Kier alpha value is -0.700. The van der Waals surface area contributed by atoms with E-state index in [4.69, 9.17) is 10.2 Å². The first-order valence-corrected chi connectivity index (χ1v) is 3.71. The third-order valence-corrected chi connectivity index (χ3v) is 1.45. The van der Waals surface area contributed by atoms with Crippen molar-refractivity contribution in [3.63, 3.8) is 0 Å². The lowest BCUT2D eigenvalue weighted by molar-refractivity contribution is 0.156. The number of β-amino-alcohol motifs (C(OH)–C–C–N with tert-alkyl or cyclic N) is 1. The van der Waals surface area contributed by atoms with E-state index in [-0.39, 0.29) is 12.1 Å². The van der Waals surface area contributed by atoms with Gasteiger partial charge in [0.2, 0.25) is 0 Å². The predicted molar refractivity (Wildman–Crippen MR) is 45.3 cm³/mol. The molecule has 0 aromatic heterocycles. The highest BCUT2D eigenvalue weighted by Gasteiger charge is 2.16. The van der Waals surface area contributed by atoms with Crippen LogP contribution in [0.15, 0.2) is 12.5 Å². The molecule has 2 N–H and O–H groups in total. The summed E-state index contributed by atoms with van der Waals surface area (Å²) in [5.41, 5.74) is -0.0536. The summed E-state index contributed by atoms with van der Waals surface area (Å²) < 4.78 is 0.